The average Bonchev–Trinajstić information content (AvgIpc) is 1.58. The molecule has 0 radical (unpaired) electrons. The molecule has 0 aliphatic heterocycles. The Morgan fingerprint density at radius 2 is 0.474 bits per heavy atom. The second kappa shape index (κ2) is 24.2. The quantitative estimate of drug-likeness (QED) is 0.108. The number of benzene rings is 16. The van der Waals surface area contributed by atoms with Crippen LogP contribution in [-0.4, -0.2) is 0 Å². The molecule has 0 saturated carbocycles. The highest BCUT2D eigenvalue weighted by Crippen LogP contribution is 2.56. The van der Waals surface area contributed by atoms with Gasteiger partial charge in [0.1, 0.15) is 0 Å². The second-order valence-electron chi connectivity index (χ2n) is 25.4. The molecule has 0 aliphatic carbocycles. The minimum Gasteiger partial charge on any atom is -0.309 e. The molecule has 0 atom stereocenters. The van der Waals surface area contributed by atoms with E-state index in [1.54, 1.807) is 0 Å². The summed E-state index contributed by atoms with van der Waals surface area (Å²) in [5.41, 5.74) is 18.4. The number of hydrogen-bond donors (Lipinski definition) is 0. The fraction of sp³-hybridized carbons (Fsp3) is 0.0330. The van der Waals surface area contributed by atoms with E-state index in [1.807, 2.05) is 22.7 Å². The number of fused-ring (bicyclic) bond motifs is 14. The fourth-order valence-electron chi connectivity index (χ4n) is 14.8. The first kappa shape index (κ1) is 57.8. The molecule has 4 nitrogen and oxygen atoms in total. The van der Waals surface area contributed by atoms with Crippen LogP contribution in [0.1, 0.15) is 22.3 Å². The van der Waals surface area contributed by atoms with E-state index in [0.717, 1.165) is 74.7 Å². The summed E-state index contributed by atoms with van der Waals surface area (Å²) in [6.07, 6.45) is 0.772. The van der Waals surface area contributed by atoms with Gasteiger partial charge in [-0.2, -0.15) is 0 Å². The molecule has 0 fully saturated rings. The predicted octanol–water partition coefficient (Wildman–Crippen LogP) is 27.1. The van der Waals surface area contributed by atoms with E-state index in [-0.39, 0.29) is 0 Å². The van der Waals surface area contributed by atoms with Gasteiger partial charge in [-0.15, -0.1) is 22.7 Å². The SMILES string of the molecule is Cc1ccc(N(c2ccccc2)c2cc3ccccc3c3c2sc2c(N(c4ccccc4)c4ccc(Cc5ccc(N(c6ccccc6)c6cc7ccccc7c7c6sc6c(N(c8ccccc8)c8cccc(C)c8)cc8ccccc8c67)cc5)cc4)cc4ccccc4c23)cc1. The van der Waals surface area contributed by atoms with E-state index in [9.17, 15) is 0 Å². The molecule has 16 aromatic carbocycles. The van der Waals surface area contributed by atoms with E-state index < -0.39 is 0 Å². The van der Waals surface area contributed by atoms with E-state index in [1.165, 1.54) is 106 Å². The molecule has 0 unspecified atom stereocenters. The highest BCUT2D eigenvalue weighted by Gasteiger charge is 2.28. The van der Waals surface area contributed by atoms with Crippen molar-refractivity contribution in [2.24, 2.45) is 0 Å². The molecular formula is C91H64N4S2. The average molecular weight is 1280 g/mol. The summed E-state index contributed by atoms with van der Waals surface area (Å²) in [5, 5.41) is 14.9. The molecule has 97 heavy (non-hydrogen) atoms. The monoisotopic (exact) mass is 1280 g/mol. The lowest BCUT2D eigenvalue weighted by atomic mass is 9.97. The maximum Gasteiger partial charge on any atom is 0.0646 e. The van der Waals surface area contributed by atoms with Crippen LogP contribution in [0.4, 0.5) is 68.2 Å². The van der Waals surface area contributed by atoms with Crippen LogP contribution in [0.5, 0.6) is 0 Å². The van der Waals surface area contributed by atoms with Gasteiger partial charge in [-0.3, -0.25) is 0 Å². The third kappa shape index (κ3) is 10.2. The molecule has 2 heterocycles. The summed E-state index contributed by atoms with van der Waals surface area (Å²) in [6.45, 7) is 4.34. The lowest BCUT2D eigenvalue weighted by Gasteiger charge is -2.27. The molecule has 0 amide bonds. The van der Waals surface area contributed by atoms with Crippen LogP contribution in [0.3, 0.4) is 0 Å². The van der Waals surface area contributed by atoms with E-state index in [2.05, 4.69) is 373 Å². The highest BCUT2D eigenvalue weighted by atomic mass is 32.1. The van der Waals surface area contributed by atoms with Gasteiger partial charge >= 0.3 is 0 Å². The maximum atomic E-state index is 2.48. The van der Waals surface area contributed by atoms with E-state index >= 15 is 0 Å². The Hall–Kier alpha value is -11.8. The number of aryl methyl sites for hydroxylation is 2. The molecule has 6 heteroatoms. The maximum absolute atomic E-state index is 2.48. The molecular weight excluding hydrogens is 1210 g/mol. The van der Waals surface area contributed by atoms with Crippen LogP contribution in [0.15, 0.2) is 340 Å². The van der Waals surface area contributed by atoms with Crippen molar-refractivity contribution in [3.8, 4) is 0 Å². The van der Waals surface area contributed by atoms with E-state index in [4.69, 9.17) is 0 Å². The second-order valence-corrected chi connectivity index (χ2v) is 27.4. The van der Waals surface area contributed by atoms with Crippen LogP contribution in [0, 0.1) is 13.8 Å². The first-order valence-corrected chi connectivity index (χ1v) is 34.9. The molecule has 0 spiro atoms. The Bertz CT molecular complexity index is 5990. The van der Waals surface area contributed by atoms with Crippen LogP contribution in [0.25, 0.3) is 83.4 Å². The van der Waals surface area contributed by atoms with Gasteiger partial charge in [0, 0.05) is 67.0 Å². The van der Waals surface area contributed by atoms with E-state index in [0.29, 0.717) is 0 Å². The Labute approximate surface area is 572 Å². The minimum absolute atomic E-state index is 0.772. The Morgan fingerprint density at radius 1 is 0.216 bits per heavy atom. The Kier molecular flexibility index (Phi) is 14.4. The first-order valence-electron chi connectivity index (χ1n) is 33.3. The number of nitrogens with zero attached hydrogens (tertiary/aromatic N) is 4. The molecule has 0 N–H and O–H groups in total. The molecule has 0 saturated heterocycles. The summed E-state index contributed by atoms with van der Waals surface area (Å²) in [5.74, 6) is 0. The largest absolute Gasteiger partial charge is 0.309 e. The topological polar surface area (TPSA) is 13.0 Å². The van der Waals surface area contributed by atoms with Crippen LogP contribution >= 0.6 is 22.7 Å². The molecule has 0 bridgehead atoms. The molecule has 2 aromatic heterocycles. The summed E-state index contributed by atoms with van der Waals surface area (Å²) >= 11 is 3.81. The molecule has 18 rings (SSSR count). The standard InChI is InChI=1S/C91H64N4S2/c1-60-42-48-72(49-43-60)92(68-29-7-3-8-30-68)80-56-64-25-15-19-38-76(64)84-85-77-39-20-16-26-65(77)57-81(89(85)96-88(80)84)93(69-31-9-4-10-32-69)73-50-44-62(45-51-73)55-63-46-52-74(53-47-63)94(70-33-11-5-12-34-70)82-58-66-27-17-21-40-78(66)86-87-79-41-22-18-28-67(79)59-83(91(87)97-90(82)86)95(71-35-13-6-14-36-71)75-37-23-24-61(2)54-75/h3-54,56-59H,55H2,1-2H3. The van der Waals surface area contributed by atoms with Crippen LogP contribution in [-0.2, 0) is 6.42 Å². The van der Waals surface area contributed by atoms with Gasteiger partial charge in [-0.05, 0) is 201 Å². The van der Waals surface area contributed by atoms with Crippen LogP contribution in [0.2, 0.25) is 0 Å². The molecule has 0 aliphatic rings. The van der Waals surface area contributed by atoms with Gasteiger partial charge in [0.15, 0.2) is 0 Å². The van der Waals surface area contributed by atoms with Crippen molar-refractivity contribution in [1.82, 2.24) is 0 Å². The number of thiophene rings is 2. The normalized spacial score (nSPS) is 11.6. The number of hydrogen-bond acceptors (Lipinski definition) is 6. The smallest absolute Gasteiger partial charge is 0.0646 e. The zero-order valence-electron chi connectivity index (χ0n) is 53.6. The van der Waals surface area contributed by atoms with Crippen molar-refractivity contribution >= 4 is 174 Å². The van der Waals surface area contributed by atoms with Gasteiger partial charge < -0.3 is 19.6 Å². The Morgan fingerprint density at radius 3 is 0.784 bits per heavy atom. The predicted molar refractivity (Wildman–Crippen MR) is 420 cm³/mol. The van der Waals surface area contributed by atoms with Gasteiger partial charge in [0.2, 0.25) is 0 Å². The zero-order valence-corrected chi connectivity index (χ0v) is 55.3. The van der Waals surface area contributed by atoms with Gasteiger partial charge in [-0.25, -0.2) is 0 Å². The number of anilines is 12. The third-order valence-electron chi connectivity index (χ3n) is 19.2. The van der Waals surface area contributed by atoms with Crippen molar-refractivity contribution in [3.05, 3.63) is 362 Å². The fourth-order valence-corrected chi connectivity index (χ4v) is 17.5. The Balaban J connectivity index is 0.751. The molecule has 460 valence electrons. The lowest BCUT2D eigenvalue weighted by molar-refractivity contribution is 1.18. The summed E-state index contributed by atoms with van der Waals surface area (Å²) in [7, 11) is 0. The number of para-hydroxylation sites is 4. The molecule has 18 aromatic rings. The van der Waals surface area contributed by atoms with Crippen molar-refractivity contribution in [2.45, 2.75) is 20.3 Å². The summed E-state index contributed by atoms with van der Waals surface area (Å²) in [4.78, 5) is 9.86. The number of rotatable bonds is 14. The zero-order chi connectivity index (χ0) is 64.5. The van der Waals surface area contributed by atoms with Crippen molar-refractivity contribution < 1.29 is 0 Å². The summed E-state index contributed by atoms with van der Waals surface area (Å²) in [6, 6.07) is 125. The van der Waals surface area contributed by atoms with Crippen LogP contribution < -0.4 is 19.6 Å². The highest BCUT2D eigenvalue weighted by molar-refractivity contribution is 7.28. The van der Waals surface area contributed by atoms with Crippen molar-refractivity contribution in [3.63, 3.8) is 0 Å². The van der Waals surface area contributed by atoms with Gasteiger partial charge in [0.05, 0.1) is 41.5 Å². The minimum atomic E-state index is 0.772. The first-order chi connectivity index (χ1) is 47.9. The third-order valence-corrected chi connectivity index (χ3v) is 21.7. The lowest BCUT2D eigenvalue weighted by Crippen LogP contribution is -2.10. The summed E-state index contributed by atoms with van der Waals surface area (Å²) < 4.78 is 4.97. The van der Waals surface area contributed by atoms with Crippen molar-refractivity contribution in [2.75, 3.05) is 19.6 Å². The van der Waals surface area contributed by atoms with Gasteiger partial charge in [0.25, 0.3) is 0 Å². The van der Waals surface area contributed by atoms with Crippen molar-refractivity contribution in [1.29, 1.82) is 0 Å². The van der Waals surface area contributed by atoms with Gasteiger partial charge in [-0.1, -0.05) is 224 Å².